The molecule has 2 heteroatoms. The van der Waals surface area contributed by atoms with Gasteiger partial charge in [0.05, 0.1) is 6.10 Å². The van der Waals surface area contributed by atoms with Gasteiger partial charge in [0.1, 0.15) is 0 Å². The molecule has 0 amide bonds. The molecule has 5 aliphatic rings. The van der Waals surface area contributed by atoms with Crippen LogP contribution in [-0.2, 0) is 0 Å². The lowest BCUT2D eigenvalue weighted by atomic mass is 9.32. The van der Waals surface area contributed by atoms with Crippen LogP contribution in [0.25, 0.3) is 0 Å². The number of rotatable bonds is 1. The highest BCUT2D eigenvalue weighted by Crippen LogP contribution is 2.76. The maximum atomic E-state index is 10.7. The maximum absolute atomic E-state index is 10.7. The molecule has 0 saturated heterocycles. The molecular weight excluding hydrogens is 404 g/mol. The molecule has 0 aliphatic heterocycles. The Kier molecular flexibility index (Phi) is 6.63. The molecule has 5 aliphatic carbocycles. The summed E-state index contributed by atoms with van der Waals surface area (Å²) in [6.07, 6.45) is 20.7. The summed E-state index contributed by atoms with van der Waals surface area (Å²) in [5, 5.41) is 21.3. The summed E-state index contributed by atoms with van der Waals surface area (Å²) >= 11 is 0. The molecule has 188 valence electrons. The Hall–Kier alpha value is -0.520. The van der Waals surface area contributed by atoms with Gasteiger partial charge < -0.3 is 10.2 Å². The molecule has 0 aromatic carbocycles. The lowest BCUT2D eigenvalue weighted by molar-refractivity contribution is -0.251. The average Bonchev–Trinajstić information content (AvgIpc) is 2.81. The van der Waals surface area contributed by atoms with E-state index in [-0.39, 0.29) is 11.5 Å². The molecule has 0 spiro atoms. The number of hydrogen-bond donors (Lipinski definition) is 2. The zero-order valence-electron chi connectivity index (χ0n) is 22.4. The van der Waals surface area contributed by atoms with Crippen LogP contribution in [0, 0.1) is 75.9 Å². The lowest BCUT2D eigenvalue weighted by Gasteiger charge is -2.73. The molecule has 5 rings (SSSR count). The first-order valence-electron chi connectivity index (χ1n) is 14.2. The van der Waals surface area contributed by atoms with Crippen LogP contribution < -0.4 is 0 Å². The monoisotopic (exact) mass is 456 g/mol. The summed E-state index contributed by atoms with van der Waals surface area (Å²) in [7, 11) is 0. The van der Waals surface area contributed by atoms with Crippen molar-refractivity contribution < 1.29 is 10.2 Å². The number of aliphatic hydroxyl groups is 2. The third-order valence-electron chi connectivity index (χ3n) is 13.7. The number of aliphatic hydroxyl groups excluding tert-OH is 2. The van der Waals surface area contributed by atoms with Gasteiger partial charge in [0.15, 0.2) is 0 Å². The van der Waals surface area contributed by atoms with Gasteiger partial charge in [-0.1, -0.05) is 41.5 Å². The predicted molar refractivity (Wildman–Crippen MR) is 137 cm³/mol. The van der Waals surface area contributed by atoms with Crippen molar-refractivity contribution in [2.24, 2.45) is 63.1 Å². The molecule has 12 atom stereocenters. The molecule has 5 fully saturated rings. The number of hydrogen-bond acceptors (Lipinski definition) is 2. The zero-order valence-corrected chi connectivity index (χ0v) is 22.4. The minimum atomic E-state index is -0.0845. The summed E-state index contributed by atoms with van der Waals surface area (Å²) in [6, 6.07) is 0. The first-order chi connectivity index (χ1) is 15.5. The molecule has 0 heterocycles. The van der Waals surface area contributed by atoms with Gasteiger partial charge >= 0.3 is 0 Å². The van der Waals surface area contributed by atoms with Crippen molar-refractivity contribution in [3.63, 3.8) is 0 Å². The second kappa shape index (κ2) is 8.55. The Morgan fingerprint density at radius 3 is 2.09 bits per heavy atom. The van der Waals surface area contributed by atoms with Crippen LogP contribution in [0.2, 0.25) is 0 Å². The highest BCUT2D eigenvalue weighted by molar-refractivity contribution is 5.18. The normalized spacial score (nSPS) is 57.9. The minimum Gasteiger partial charge on any atom is -0.396 e. The van der Waals surface area contributed by atoms with Crippen LogP contribution in [0.1, 0.15) is 106 Å². The van der Waals surface area contributed by atoms with Crippen molar-refractivity contribution in [2.75, 3.05) is 6.61 Å². The Morgan fingerprint density at radius 2 is 1.42 bits per heavy atom. The van der Waals surface area contributed by atoms with E-state index in [1.54, 1.807) is 0 Å². The van der Waals surface area contributed by atoms with E-state index in [0.717, 1.165) is 30.1 Å². The molecule has 5 saturated carbocycles. The third-order valence-corrected chi connectivity index (χ3v) is 13.7. The molecule has 33 heavy (non-hydrogen) atoms. The fraction of sp³-hybridized carbons (Fsp3) is 0.935. The summed E-state index contributed by atoms with van der Waals surface area (Å²) in [5.74, 6) is 4.97. The van der Waals surface area contributed by atoms with Crippen molar-refractivity contribution in [2.45, 2.75) is 112 Å². The van der Waals surface area contributed by atoms with Gasteiger partial charge in [-0.05, 0) is 127 Å². The van der Waals surface area contributed by atoms with E-state index in [4.69, 9.17) is 0 Å². The van der Waals surface area contributed by atoms with Gasteiger partial charge in [0.25, 0.3) is 0 Å². The van der Waals surface area contributed by atoms with Crippen LogP contribution in [-0.4, -0.2) is 22.9 Å². The Morgan fingerprint density at radius 1 is 0.727 bits per heavy atom. The maximum Gasteiger partial charge on any atom is 0.0568 e. The molecular formula is C31H52O2. The van der Waals surface area contributed by atoms with Gasteiger partial charge in [-0.2, -0.15) is 0 Å². The molecule has 0 aromatic rings. The smallest absolute Gasteiger partial charge is 0.0568 e. The van der Waals surface area contributed by atoms with Crippen molar-refractivity contribution >= 4 is 0 Å². The van der Waals surface area contributed by atoms with Crippen LogP contribution in [0.5, 0.6) is 0 Å². The molecule has 0 bridgehead atoms. The molecule has 0 aromatic heterocycles. The fourth-order valence-corrected chi connectivity index (χ4v) is 11.3. The Balaban J connectivity index is 0.00000126. The van der Waals surface area contributed by atoms with Crippen molar-refractivity contribution in [1.82, 2.24) is 0 Å². The minimum absolute atomic E-state index is 0.0845. The molecule has 0 radical (unpaired) electrons. The lowest BCUT2D eigenvalue weighted by Crippen LogP contribution is -2.67. The second-order valence-corrected chi connectivity index (χ2v) is 14.1. The Bertz CT molecular complexity index is 744. The molecule has 2 N–H and O–H groups in total. The second-order valence-electron chi connectivity index (χ2n) is 14.1. The summed E-state index contributed by atoms with van der Waals surface area (Å²) in [6.45, 7) is 15.8. The van der Waals surface area contributed by atoms with Crippen LogP contribution in [0.4, 0.5) is 0 Å². The predicted octanol–water partition coefficient (Wildman–Crippen LogP) is 6.94. The molecule has 2 nitrogen and oxygen atoms in total. The van der Waals surface area contributed by atoms with Gasteiger partial charge in [-0.15, -0.1) is 12.8 Å². The van der Waals surface area contributed by atoms with Crippen LogP contribution >= 0.6 is 0 Å². The van der Waals surface area contributed by atoms with Gasteiger partial charge in [0.2, 0.25) is 0 Å². The fourth-order valence-electron chi connectivity index (χ4n) is 11.3. The third kappa shape index (κ3) is 3.27. The van der Waals surface area contributed by atoms with E-state index >= 15 is 0 Å². The van der Waals surface area contributed by atoms with E-state index in [1.165, 1.54) is 57.8 Å². The van der Waals surface area contributed by atoms with E-state index in [1.807, 2.05) is 0 Å². The van der Waals surface area contributed by atoms with Gasteiger partial charge in [-0.25, -0.2) is 0 Å². The zero-order chi connectivity index (χ0) is 24.4. The van der Waals surface area contributed by atoms with E-state index in [9.17, 15) is 10.2 Å². The summed E-state index contributed by atoms with van der Waals surface area (Å²) < 4.78 is 0. The largest absolute Gasteiger partial charge is 0.396 e. The van der Waals surface area contributed by atoms with Crippen LogP contribution in [0.3, 0.4) is 0 Å². The SMILES string of the molecule is C#C.CC1C(O)CCC2(C)C1CCC1(C)C2CCC2C3C(C)[C@H](C)CCC3(CO)CC[C@]21C. The summed E-state index contributed by atoms with van der Waals surface area (Å²) in [4.78, 5) is 0. The van der Waals surface area contributed by atoms with Gasteiger partial charge in [0, 0.05) is 6.61 Å². The van der Waals surface area contributed by atoms with E-state index in [2.05, 4.69) is 54.4 Å². The quantitative estimate of drug-likeness (QED) is 0.420. The highest BCUT2D eigenvalue weighted by Gasteiger charge is 2.69. The topological polar surface area (TPSA) is 40.5 Å². The average molecular weight is 457 g/mol. The van der Waals surface area contributed by atoms with E-state index in [0.29, 0.717) is 40.6 Å². The van der Waals surface area contributed by atoms with Crippen LogP contribution in [0.15, 0.2) is 0 Å². The highest BCUT2D eigenvalue weighted by atomic mass is 16.3. The van der Waals surface area contributed by atoms with Crippen molar-refractivity contribution in [3.8, 4) is 12.8 Å². The number of fused-ring (bicyclic) bond motifs is 7. The van der Waals surface area contributed by atoms with Crippen molar-refractivity contribution in [1.29, 1.82) is 0 Å². The van der Waals surface area contributed by atoms with E-state index < -0.39 is 0 Å². The summed E-state index contributed by atoms with van der Waals surface area (Å²) in [5.41, 5.74) is 1.41. The number of terminal acetylenes is 1. The first-order valence-corrected chi connectivity index (χ1v) is 14.2. The van der Waals surface area contributed by atoms with Gasteiger partial charge in [-0.3, -0.25) is 0 Å². The Labute approximate surface area is 204 Å². The first kappa shape index (κ1) is 25.6. The standard InChI is InChI=1S/C29H50O2.C2H2/c1-18-9-14-29(17-30)16-15-27(5)22(25(29)19(18)2)7-8-24-26(4)12-11-23(31)20(3)21(26)10-13-28(24,27)6;1-2/h18-25,30-31H,7-17H2,1-6H3;1-2H/t18-,19?,20?,21?,22?,23?,24?,25?,26?,27-,28?,29?;/m1./s1. The molecule has 10 unspecified atom stereocenters. The van der Waals surface area contributed by atoms with Crippen molar-refractivity contribution in [3.05, 3.63) is 0 Å².